The highest BCUT2D eigenvalue weighted by molar-refractivity contribution is 5.87. The van der Waals surface area contributed by atoms with E-state index >= 15 is 0 Å². The van der Waals surface area contributed by atoms with Crippen LogP contribution in [0.3, 0.4) is 0 Å². The summed E-state index contributed by atoms with van der Waals surface area (Å²) < 4.78 is 5.18. The summed E-state index contributed by atoms with van der Waals surface area (Å²) in [5.74, 6) is 0.432. The van der Waals surface area contributed by atoms with E-state index in [-0.39, 0.29) is 11.7 Å². The molecule has 2 N–H and O–H groups in total. The molecule has 2 rings (SSSR count). The van der Waals surface area contributed by atoms with Crippen LogP contribution < -0.4 is 10.1 Å². The molecular weight excluding hydrogens is 282 g/mol. The van der Waals surface area contributed by atoms with E-state index in [4.69, 9.17) is 4.74 Å². The molecule has 0 amide bonds. The average molecular weight is 301 g/mol. The number of carbonyl (C=O) groups is 1. The predicted molar refractivity (Wildman–Crippen MR) is 84.4 cm³/mol. The summed E-state index contributed by atoms with van der Waals surface area (Å²) in [7, 11) is 1.57. The lowest BCUT2D eigenvalue weighted by molar-refractivity contribution is 0.0690. The quantitative estimate of drug-likeness (QED) is 0.853. The van der Waals surface area contributed by atoms with E-state index in [2.05, 4.69) is 15.3 Å². The van der Waals surface area contributed by atoms with Gasteiger partial charge < -0.3 is 15.2 Å². The highest BCUT2D eigenvalue weighted by Gasteiger charge is 2.13. The number of aromatic carboxylic acids is 1. The Kier molecular flexibility index (Phi) is 4.93. The van der Waals surface area contributed by atoms with Gasteiger partial charge in [0.25, 0.3) is 0 Å². The van der Waals surface area contributed by atoms with Crippen molar-refractivity contribution in [3.05, 3.63) is 36.0 Å². The monoisotopic (exact) mass is 301 g/mol. The molecule has 1 aromatic heterocycles. The maximum absolute atomic E-state index is 11.3. The first-order valence-corrected chi connectivity index (χ1v) is 7.06. The molecular formula is C16H19N3O3. The maximum atomic E-state index is 11.3. The molecule has 6 heteroatoms. The van der Waals surface area contributed by atoms with Crippen LogP contribution >= 0.6 is 0 Å². The Morgan fingerprint density at radius 2 is 2.14 bits per heavy atom. The molecule has 22 heavy (non-hydrogen) atoms. The smallest absolute Gasteiger partial charge is 0.354 e. The lowest BCUT2D eigenvalue weighted by Crippen LogP contribution is -2.16. The van der Waals surface area contributed by atoms with Crippen molar-refractivity contribution in [1.29, 1.82) is 0 Å². The molecule has 6 nitrogen and oxygen atoms in total. The number of methoxy groups -OCH3 is 1. The van der Waals surface area contributed by atoms with Gasteiger partial charge in [0.2, 0.25) is 0 Å². The Labute approximate surface area is 129 Å². The first kappa shape index (κ1) is 15.8. The van der Waals surface area contributed by atoms with E-state index in [1.165, 1.54) is 6.07 Å². The van der Waals surface area contributed by atoms with Crippen molar-refractivity contribution in [2.24, 2.45) is 0 Å². The van der Waals surface area contributed by atoms with Gasteiger partial charge in [0.05, 0.1) is 7.11 Å². The van der Waals surface area contributed by atoms with Crippen LogP contribution in [0.1, 0.15) is 30.8 Å². The van der Waals surface area contributed by atoms with Gasteiger partial charge in [-0.1, -0.05) is 19.1 Å². The highest BCUT2D eigenvalue weighted by Crippen LogP contribution is 2.23. The Morgan fingerprint density at radius 1 is 1.36 bits per heavy atom. The summed E-state index contributed by atoms with van der Waals surface area (Å²) >= 11 is 0. The van der Waals surface area contributed by atoms with Crippen LogP contribution in [0.5, 0.6) is 5.75 Å². The van der Waals surface area contributed by atoms with Crippen LogP contribution in [0.25, 0.3) is 11.4 Å². The van der Waals surface area contributed by atoms with Gasteiger partial charge >= 0.3 is 5.97 Å². The molecule has 1 aromatic carbocycles. The van der Waals surface area contributed by atoms with Crippen molar-refractivity contribution in [3.63, 3.8) is 0 Å². The number of aromatic nitrogens is 2. The first-order chi connectivity index (χ1) is 10.5. The van der Waals surface area contributed by atoms with Crippen LogP contribution in [0.15, 0.2) is 30.3 Å². The SMILES string of the molecule is CCC(C)Nc1cc(C(=O)O)nc(-c2cccc(OC)c2)n1. The lowest BCUT2D eigenvalue weighted by atomic mass is 10.2. The fourth-order valence-corrected chi connectivity index (χ4v) is 1.88. The van der Waals surface area contributed by atoms with Gasteiger partial charge in [0.1, 0.15) is 11.6 Å². The Hall–Kier alpha value is -2.63. The third kappa shape index (κ3) is 3.72. The van der Waals surface area contributed by atoms with Crippen LogP contribution in [0.4, 0.5) is 5.82 Å². The Bertz CT molecular complexity index is 673. The third-order valence-corrected chi connectivity index (χ3v) is 3.28. The predicted octanol–water partition coefficient (Wildman–Crippen LogP) is 3.06. The average Bonchev–Trinajstić information content (AvgIpc) is 2.54. The summed E-state index contributed by atoms with van der Waals surface area (Å²) in [6.07, 6.45) is 0.904. The minimum absolute atomic E-state index is 0.0429. The summed E-state index contributed by atoms with van der Waals surface area (Å²) in [6, 6.07) is 8.84. The fourth-order valence-electron chi connectivity index (χ4n) is 1.88. The van der Waals surface area contributed by atoms with Crippen molar-refractivity contribution in [2.45, 2.75) is 26.3 Å². The van der Waals surface area contributed by atoms with Crippen LogP contribution in [-0.4, -0.2) is 34.2 Å². The van der Waals surface area contributed by atoms with Gasteiger partial charge in [-0.3, -0.25) is 0 Å². The number of hydrogen-bond donors (Lipinski definition) is 2. The second-order valence-corrected chi connectivity index (χ2v) is 4.95. The zero-order valence-electron chi connectivity index (χ0n) is 12.8. The first-order valence-electron chi connectivity index (χ1n) is 7.06. The van der Waals surface area contributed by atoms with Crippen molar-refractivity contribution in [1.82, 2.24) is 9.97 Å². The van der Waals surface area contributed by atoms with Crippen LogP contribution in [-0.2, 0) is 0 Å². The number of carboxylic acids is 1. The van der Waals surface area contributed by atoms with E-state index in [0.717, 1.165) is 6.42 Å². The van der Waals surface area contributed by atoms with Crippen LogP contribution in [0, 0.1) is 0 Å². The normalized spacial score (nSPS) is 11.8. The number of nitrogens with one attached hydrogen (secondary N) is 1. The van der Waals surface area contributed by atoms with E-state index < -0.39 is 5.97 Å². The summed E-state index contributed by atoms with van der Waals surface area (Å²) in [5.41, 5.74) is 0.660. The lowest BCUT2D eigenvalue weighted by Gasteiger charge is -2.13. The molecule has 0 spiro atoms. The number of anilines is 1. The van der Waals surface area contributed by atoms with E-state index in [1.54, 1.807) is 13.2 Å². The molecule has 116 valence electrons. The Balaban J connectivity index is 2.47. The van der Waals surface area contributed by atoms with Crippen LogP contribution in [0.2, 0.25) is 0 Å². The molecule has 2 aromatic rings. The van der Waals surface area contributed by atoms with Gasteiger partial charge in [0.15, 0.2) is 11.5 Å². The second kappa shape index (κ2) is 6.89. The van der Waals surface area contributed by atoms with E-state index in [1.807, 2.05) is 32.0 Å². The third-order valence-electron chi connectivity index (χ3n) is 3.28. The molecule has 0 aliphatic heterocycles. The molecule has 1 atom stereocenters. The number of benzene rings is 1. The number of carboxylic acid groups (broad SMARTS) is 1. The molecule has 0 radical (unpaired) electrons. The van der Waals surface area contributed by atoms with E-state index in [9.17, 15) is 9.90 Å². The molecule has 1 heterocycles. The number of hydrogen-bond acceptors (Lipinski definition) is 5. The molecule has 0 aliphatic carbocycles. The van der Waals surface area contributed by atoms with Crippen molar-refractivity contribution in [2.75, 3.05) is 12.4 Å². The van der Waals surface area contributed by atoms with Crippen molar-refractivity contribution < 1.29 is 14.6 Å². The maximum Gasteiger partial charge on any atom is 0.354 e. The molecule has 0 saturated heterocycles. The molecule has 0 aliphatic rings. The Morgan fingerprint density at radius 3 is 2.77 bits per heavy atom. The topological polar surface area (TPSA) is 84.3 Å². The minimum atomic E-state index is -1.08. The largest absolute Gasteiger partial charge is 0.497 e. The van der Waals surface area contributed by atoms with Gasteiger partial charge in [-0.25, -0.2) is 14.8 Å². The number of nitrogens with zero attached hydrogens (tertiary/aromatic N) is 2. The standard InChI is InChI=1S/C16H19N3O3/c1-4-10(2)17-14-9-13(16(20)21)18-15(19-14)11-6-5-7-12(8-11)22-3/h5-10H,4H2,1-3H3,(H,20,21)(H,17,18,19). The van der Waals surface area contributed by atoms with Gasteiger partial charge in [-0.15, -0.1) is 0 Å². The molecule has 1 unspecified atom stereocenters. The van der Waals surface area contributed by atoms with Gasteiger partial charge in [-0.2, -0.15) is 0 Å². The zero-order valence-corrected chi connectivity index (χ0v) is 12.8. The highest BCUT2D eigenvalue weighted by atomic mass is 16.5. The molecule has 0 fully saturated rings. The number of ether oxygens (including phenoxy) is 1. The van der Waals surface area contributed by atoms with E-state index in [0.29, 0.717) is 23.0 Å². The second-order valence-electron chi connectivity index (χ2n) is 4.95. The van der Waals surface area contributed by atoms with Crippen molar-refractivity contribution in [3.8, 4) is 17.1 Å². The molecule has 0 bridgehead atoms. The summed E-state index contributed by atoms with van der Waals surface area (Å²) in [6.45, 7) is 4.05. The summed E-state index contributed by atoms with van der Waals surface area (Å²) in [4.78, 5) is 19.8. The number of rotatable bonds is 6. The van der Waals surface area contributed by atoms with Gasteiger partial charge in [0, 0.05) is 17.7 Å². The zero-order chi connectivity index (χ0) is 16.1. The minimum Gasteiger partial charge on any atom is -0.497 e. The summed E-state index contributed by atoms with van der Waals surface area (Å²) in [5, 5.41) is 12.4. The van der Waals surface area contributed by atoms with Gasteiger partial charge in [-0.05, 0) is 25.5 Å². The fraction of sp³-hybridized carbons (Fsp3) is 0.312. The molecule has 0 saturated carbocycles. The van der Waals surface area contributed by atoms with Crippen molar-refractivity contribution >= 4 is 11.8 Å².